The largest absolute Gasteiger partial charge is 0.493 e. The molecule has 2 aromatic carbocycles. The van der Waals surface area contributed by atoms with Crippen LogP contribution >= 0.6 is 0 Å². The summed E-state index contributed by atoms with van der Waals surface area (Å²) < 4.78 is 28.4. The maximum atomic E-state index is 12.9. The lowest BCUT2D eigenvalue weighted by Crippen LogP contribution is -2.38. The minimum Gasteiger partial charge on any atom is -0.493 e. The molecule has 11 nitrogen and oxygen atoms in total. The van der Waals surface area contributed by atoms with Gasteiger partial charge in [0.2, 0.25) is 11.8 Å². The molecule has 0 aliphatic carbocycles. The van der Waals surface area contributed by atoms with Crippen molar-refractivity contribution in [2.45, 2.75) is 6.92 Å². The number of carbonyl (C=O) groups is 1. The molecule has 0 bridgehead atoms. The predicted molar refractivity (Wildman–Crippen MR) is 143 cm³/mol. The van der Waals surface area contributed by atoms with Crippen molar-refractivity contribution in [3.05, 3.63) is 42.0 Å². The molecule has 0 saturated carbocycles. The fraction of sp³-hybridized carbons (Fsp3) is 0.444. The van der Waals surface area contributed by atoms with Gasteiger partial charge in [-0.2, -0.15) is 4.98 Å². The van der Waals surface area contributed by atoms with Crippen molar-refractivity contribution in [1.82, 2.24) is 14.9 Å². The number of aromatic nitrogens is 2. The van der Waals surface area contributed by atoms with E-state index < -0.39 is 6.09 Å². The molecular formula is C27H33N5O6. The molecule has 3 aromatic rings. The van der Waals surface area contributed by atoms with E-state index in [4.69, 9.17) is 28.7 Å². The van der Waals surface area contributed by atoms with Gasteiger partial charge in [-0.05, 0) is 30.7 Å². The molecule has 5 rings (SSSR count). The number of rotatable bonds is 8. The van der Waals surface area contributed by atoms with Gasteiger partial charge in [0.15, 0.2) is 11.5 Å². The number of carbonyl (C=O) groups excluding carboxylic acids is 1. The molecule has 0 unspecified atom stereocenters. The van der Waals surface area contributed by atoms with E-state index in [1.807, 2.05) is 30.0 Å². The molecule has 38 heavy (non-hydrogen) atoms. The first-order valence-electron chi connectivity index (χ1n) is 12.8. The molecule has 11 heteroatoms. The first-order valence-corrected chi connectivity index (χ1v) is 12.8. The SMILES string of the molecule is COc1cc2nc(N3CCOCC3)nc(OC(=O)Nc3cccc(C)c3)c2cc1OCCN1CCOCC1. The summed E-state index contributed by atoms with van der Waals surface area (Å²) in [6.07, 6.45) is -0.644. The van der Waals surface area contributed by atoms with E-state index in [0.29, 0.717) is 66.9 Å². The lowest BCUT2D eigenvalue weighted by molar-refractivity contribution is 0.0321. The predicted octanol–water partition coefficient (Wildman–Crippen LogP) is 3.11. The zero-order chi connectivity index (χ0) is 26.3. The quantitative estimate of drug-likeness (QED) is 0.473. The van der Waals surface area contributed by atoms with Crippen LogP contribution in [-0.2, 0) is 9.47 Å². The van der Waals surface area contributed by atoms with Crippen LogP contribution in [-0.4, -0.2) is 93.8 Å². The normalized spacial score (nSPS) is 16.3. The summed E-state index contributed by atoms with van der Waals surface area (Å²) in [4.78, 5) is 26.6. The van der Waals surface area contributed by atoms with Crippen LogP contribution < -0.4 is 24.4 Å². The average molecular weight is 524 g/mol. The molecule has 1 N–H and O–H groups in total. The molecule has 2 saturated heterocycles. The summed E-state index contributed by atoms with van der Waals surface area (Å²) in [5.74, 6) is 1.67. The number of nitrogens with one attached hydrogen (secondary N) is 1. The molecule has 2 aliphatic rings. The van der Waals surface area contributed by atoms with E-state index in [-0.39, 0.29) is 5.88 Å². The molecular weight excluding hydrogens is 490 g/mol. The molecule has 0 radical (unpaired) electrons. The van der Waals surface area contributed by atoms with Gasteiger partial charge in [0, 0.05) is 44.5 Å². The van der Waals surface area contributed by atoms with Crippen molar-refractivity contribution in [3.8, 4) is 17.4 Å². The summed E-state index contributed by atoms with van der Waals surface area (Å²) in [6.45, 7) is 8.83. The lowest BCUT2D eigenvalue weighted by Gasteiger charge is -2.27. The van der Waals surface area contributed by atoms with Crippen molar-refractivity contribution in [2.75, 3.05) is 83.1 Å². The fourth-order valence-electron chi connectivity index (χ4n) is 4.42. The maximum Gasteiger partial charge on any atom is 0.418 e. The van der Waals surface area contributed by atoms with Gasteiger partial charge in [-0.1, -0.05) is 12.1 Å². The van der Waals surface area contributed by atoms with Crippen LogP contribution in [0.4, 0.5) is 16.4 Å². The number of methoxy groups -OCH3 is 1. The van der Waals surface area contributed by atoms with Gasteiger partial charge in [-0.25, -0.2) is 9.78 Å². The van der Waals surface area contributed by atoms with Crippen LogP contribution in [0, 0.1) is 6.92 Å². The number of morpholine rings is 2. The van der Waals surface area contributed by atoms with Crippen molar-refractivity contribution in [2.24, 2.45) is 0 Å². The molecule has 0 spiro atoms. The Morgan fingerprint density at radius 3 is 2.50 bits per heavy atom. The Kier molecular flexibility index (Phi) is 8.37. The highest BCUT2D eigenvalue weighted by atomic mass is 16.6. The number of hydrogen-bond donors (Lipinski definition) is 1. The second kappa shape index (κ2) is 12.2. The summed E-state index contributed by atoms with van der Waals surface area (Å²) in [5, 5.41) is 3.32. The van der Waals surface area contributed by atoms with E-state index in [9.17, 15) is 4.79 Å². The minimum absolute atomic E-state index is 0.141. The highest BCUT2D eigenvalue weighted by molar-refractivity contribution is 5.92. The number of aryl methyl sites for hydroxylation is 1. The number of nitrogens with zero attached hydrogens (tertiary/aromatic N) is 4. The van der Waals surface area contributed by atoms with E-state index in [0.717, 1.165) is 38.4 Å². The van der Waals surface area contributed by atoms with E-state index in [1.54, 1.807) is 25.3 Å². The Bertz CT molecular complexity index is 1260. The summed E-state index contributed by atoms with van der Waals surface area (Å²) in [6, 6.07) is 11.0. The van der Waals surface area contributed by atoms with Gasteiger partial charge in [0.25, 0.3) is 0 Å². The minimum atomic E-state index is -0.644. The highest BCUT2D eigenvalue weighted by Gasteiger charge is 2.21. The fourth-order valence-corrected chi connectivity index (χ4v) is 4.42. The van der Waals surface area contributed by atoms with Gasteiger partial charge in [0.1, 0.15) is 6.61 Å². The molecule has 3 heterocycles. The Morgan fingerprint density at radius 1 is 1.00 bits per heavy atom. The average Bonchev–Trinajstić information content (AvgIpc) is 2.94. The number of hydrogen-bond acceptors (Lipinski definition) is 10. The topological polar surface area (TPSA) is 108 Å². The molecule has 1 amide bonds. The maximum absolute atomic E-state index is 12.9. The third kappa shape index (κ3) is 6.42. The monoisotopic (exact) mass is 523 g/mol. The van der Waals surface area contributed by atoms with Gasteiger partial charge in [-0.15, -0.1) is 0 Å². The lowest BCUT2D eigenvalue weighted by atomic mass is 10.2. The first-order chi connectivity index (χ1) is 18.6. The molecule has 1 aromatic heterocycles. The van der Waals surface area contributed by atoms with Gasteiger partial charge in [0.05, 0.1) is 44.4 Å². The number of amides is 1. The molecule has 202 valence electrons. The van der Waals surface area contributed by atoms with Gasteiger partial charge >= 0.3 is 6.09 Å². The first kappa shape index (κ1) is 26.0. The molecule has 0 atom stereocenters. The number of benzene rings is 2. The van der Waals surface area contributed by atoms with Crippen LogP contribution in [0.5, 0.6) is 17.4 Å². The van der Waals surface area contributed by atoms with Crippen molar-refractivity contribution in [3.63, 3.8) is 0 Å². The summed E-state index contributed by atoms with van der Waals surface area (Å²) in [7, 11) is 1.59. The van der Waals surface area contributed by atoms with Gasteiger partial charge in [-0.3, -0.25) is 10.2 Å². The van der Waals surface area contributed by atoms with Crippen LogP contribution in [0.3, 0.4) is 0 Å². The van der Waals surface area contributed by atoms with E-state index >= 15 is 0 Å². The van der Waals surface area contributed by atoms with Crippen LogP contribution in [0.1, 0.15) is 5.56 Å². The second-order valence-electron chi connectivity index (χ2n) is 9.13. The van der Waals surface area contributed by atoms with Crippen LogP contribution in [0.15, 0.2) is 36.4 Å². The molecule has 2 aliphatic heterocycles. The number of ether oxygens (including phenoxy) is 5. The van der Waals surface area contributed by atoms with Crippen LogP contribution in [0.2, 0.25) is 0 Å². The number of fused-ring (bicyclic) bond motifs is 1. The third-order valence-corrected chi connectivity index (χ3v) is 6.45. The highest BCUT2D eigenvalue weighted by Crippen LogP contribution is 2.36. The van der Waals surface area contributed by atoms with Gasteiger partial charge < -0.3 is 28.6 Å². The van der Waals surface area contributed by atoms with Crippen molar-refractivity contribution in [1.29, 1.82) is 0 Å². The zero-order valence-electron chi connectivity index (χ0n) is 21.8. The van der Waals surface area contributed by atoms with Crippen molar-refractivity contribution < 1.29 is 28.5 Å². The standard InChI is InChI=1S/C27H33N5O6/c1-19-4-3-5-20(16-19)28-27(33)38-25-21-17-24(37-15-8-31-6-11-35-12-7-31)23(34-2)18-22(21)29-26(30-25)32-9-13-36-14-10-32/h3-5,16-18H,6-15H2,1-2H3,(H,28,33). The Hall–Kier alpha value is -3.67. The Balaban J connectivity index is 1.43. The van der Waals surface area contributed by atoms with Crippen LogP contribution in [0.25, 0.3) is 10.9 Å². The third-order valence-electron chi connectivity index (χ3n) is 6.45. The summed E-state index contributed by atoms with van der Waals surface area (Å²) in [5.41, 5.74) is 2.24. The van der Waals surface area contributed by atoms with E-state index in [1.165, 1.54) is 0 Å². The Labute approximate surface area is 221 Å². The molecule has 2 fully saturated rings. The van der Waals surface area contributed by atoms with E-state index in [2.05, 4.69) is 15.2 Å². The zero-order valence-corrected chi connectivity index (χ0v) is 21.8. The van der Waals surface area contributed by atoms with Crippen molar-refractivity contribution >= 4 is 28.6 Å². The second-order valence-corrected chi connectivity index (χ2v) is 9.13. The summed E-state index contributed by atoms with van der Waals surface area (Å²) >= 11 is 0. The smallest absolute Gasteiger partial charge is 0.418 e. The Morgan fingerprint density at radius 2 is 1.76 bits per heavy atom. The number of anilines is 2.